The molecule has 0 aliphatic carbocycles. The number of benzene rings is 4. The zero-order valence-electron chi connectivity index (χ0n) is 25.2. The first-order valence-corrected chi connectivity index (χ1v) is 15.4. The zero-order valence-corrected chi connectivity index (χ0v) is 27.5. The van der Waals surface area contributed by atoms with Gasteiger partial charge in [0, 0.05) is 20.6 Å². The number of amides is 1. The highest BCUT2D eigenvalue weighted by Gasteiger charge is 2.59. The Morgan fingerprint density at radius 2 is 1.30 bits per heavy atom. The van der Waals surface area contributed by atoms with E-state index in [0.717, 1.165) is 22.3 Å². The molecule has 0 spiro atoms. The molecule has 0 fully saturated rings. The summed E-state index contributed by atoms with van der Waals surface area (Å²) in [4.78, 5) is 22.1. The van der Waals surface area contributed by atoms with Gasteiger partial charge in [0.15, 0.2) is 0 Å². The number of halogens is 3. The van der Waals surface area contributed by atoms with E-state index in [0.29, 0.717) is 38.8 Å². The fourth-order valence-electron chi connectivity index (χ4n) is 5.75. The first kappa shape index (κ1) is 31.1. The van der Waals surface area contributed by atoms with Crippen molar-refractivity contribution in [3.05, 3.63) is 134 Å². The number of aliphatic imine (C=N–C) groups is 1. The van der Waals surface area contributed by atoms with E-state index in [-0.39, 0.29) is 11.3 Å². The summed E-state index contributed by atoms with van der Waals surface area (Å²) >= 11 is 18.9. The van der Waals surface area contributed by atoms with Crippen LogP contribution in [0.3, 0.4) is 0 Å². The van der Waals surface area contributed by atoms with E-state index in [1.54, 1.807) is 24.3 Å². The highest BCUT2D eigenvalue weighted by molar-refractivity contribution is 6.31. The number of ether oxygens (including phenoxy) is 1. The quantitative estimate of drug-likeness (QED) is 0.212. The van der Waals surface area contributed by atoms with Crippen LogP contribution in [0.25, 0.3) is 0 Å². The fourth-order valence-corrected chi connectivity index (χ4v) is 6.13. The summed E-state index contributed by atoms with van der Waals surface area (Å²) in [5.41, 5.74) is 2.09. The second kappa shape index (κ2) is 11.6. The molecule has 5 rings (SSSR count). The van der Waals surface area contributed by atoms with Gasteiger partial charge in [-0.25, -0.2) is 0 Å². The van der Waals surface area contributed by atoms with Crippen molar-refractivity contribution in [1.82, 2.24) is 4.90 Å². The molecule has 43 heavy (non-hydrogen) atoms. The van der Waals surface area contributed by atoms with E-state index in [1.165, 1.54) is 0 Å². The van der Waals surface area contributed by atoms with Crippen molar-refractivity contribution in [3.8, 4) is 5.75 Å². The Kier molecular flexibility index (Phi) is 8.43. The predicted octanol–water partition coefficient (Wildman–Crippen LogP) is 10.1. The van der Waals surface area contributed by atoms with Gasteiger partial charge in [-0.05, 0) is 104 Å². The molecule has 0 radical (unpaired) electrons. The van der Waals surface area contributed by atoms with Crippen LogP contribution >= 0.6 is 34.8 Å². The fraction of sp³-hybridized carbons (Fsp3) is 0.278. The van der Waals surface area contributed by atoms with Crippen molar-refractivity contribution < 1.29 is 9.53 Å². The number of hydrogen-bond acceptors (Lipinski definition) is 3. The van der Waals surface area contributed by atoms with Crippen LogP contribution in [0.5, 0.6) is 5.75 Å². The average molecular weight is 634 g/mol. The summed E-state index contributed by atoms with van der Waals surface area (Å²) in [6.07, 6.45) is 0. The minimum absolute atomic E-state index is 0.101. The summed E-state index contributed by atoms with van der Waals surface area (Å²) in [7, 11) is 0. The van der Waals surface area contributed by atoms with Gasteiger partial charge in [0.1, 0.15) is 22.7 Å². The molecule has 1 amide bonds. The van der Waals surface area contributed by atoms with Crippen LogP contribution in [0.2, 0.25) is 15.1 Å². The lowest BCUT2D eigenvalue weighted by Crippen LogP contribution is -2.55. The van der Waals surface area contributed by atoms with Gasteiger partial charge in [0.2, 0.25) is 0 Å². The standard InChI is InChI=1S/C36H35Cl3N2O2/c1-7-43-31-22-26(34(2,3)4)14-21-30(31)32-40-35(5,24-10-17-28(38)18-11-24)36(6,25-12-19-29(39)20-13-25)41(32)33(42)23-8-15-27(37)16-9-23/h8-22H,7H2,1-6H3/t35-,36+/m0/s1. The van der Waals surface area contributed by atoms with E-state index < -0.39 is 11.1 Å². The molecule has 4 aromatic carbocycles. The van der Waals surface area contributed by atoms with E-state index in [2.05, 4.69) is 46.8 Å². The van der Waals surface area contributed by atoms with Gasteiger partial charge in [-0.1, -0.05) is 85.9 Å². The van der Waals surface area contributed by atoms with Crippen molar-refractivity contribution in [2.24, 2.45) is 4.99 Å². The average Bonchev–Trinajstić information content (AvgIpc) is 3.21. The number of amidine groups is 1. The molecule has 1 aliphatic heterocycles. The smallest absolute Gasteiger partial charge is 0.260 e. The summed E-state index contributed by atoms with van der Waals surface area (Å²) < 4.78 is 6.24. The van der Waals surface area contributed by atoms with Gasteiger partial charge in [-0.15, -0.1) is 0 Å². The van der Waals surface area contributed by atoms with E-state index in [9.17, 15) is 4.79 Å². The van der Waals surface area contributed by atoms with E-state index in [1.807, 2.05) is 66.4 Å². The second-order valence-electron chi connectivity index (χ2n) is 12.1. The Hall–Kier alpha value is -3.31. The van der Waals surface area contributed by atoms with Gasteiger partial charge in [0.05, 0.1) is 12.2 Å². The van der Waals surface area contributed by atoms with Crippen LogP contribution in [0.1, 0.15) is 74.2 Å². The third-order valence-electron chi connectivity index (χ3n) is 8.43. The lowest BCUT2D eigenvalue weighted by molar-refractivity contribution is 0.0616. The van der Waals surface area contributed by atoms with Crippen LogP contribution < -0.4 is 4.74 Å². The summed E-state index contributed by atoms with van der Waals surface area (Å²) in [6, 6.07) is 28.4. The Labute approximate surface area is 269 Å². The van der Waals surface area contributed by atoms with Crippen LogP contribution in [0, 0.1) is 0 Å². The number of rotatable bonds is 6. The number of carbonyl (C=O) groups is 1. The summed E-state index contributed by atoms with van der Waals surface area (Å²) in [5, 5.41) is 1.77. The Morgan fingerprint density at radius 3 is 1.81 bits per heavy atom. The van der Waals surface area contributed by atoms with Crippen molar-refractivity contribution in [2.75, 3.05) is 6.61 Å². The number of nitrogens with zero attached hydrogens (tertiary/aromatic N) is 2. The molecule has 0 saturated heterocycles. The van der Waals surface area contributed by atoms with Crippen LogP contribution in [-0.4, -0.2) is 23.2 Å². The molecule has 0 N–H and O–H groups in total. The third kappa shape index (κ3) is 5.57. The lowest BCUT2D eigenvalue weighted by Gasteiger charge is -2.45. The van der Waals surface area contributed by atoms with Crippen molar-refractivity contribution in [2.45, 2.75) is 58.0 Å². The minimum atomic E-state index is -0.996. The Morgan fingerprint density at radius 1 is 0.791 bits per heavy atom. The van der Waals surface area contributed by atoms with Crippen LogP contribution in [-0.2, 0) is 16.5 Å². The van der Waals surface area contributed by atoms with Gasteiger partial charge >= 0.3 is 0 Å². The largest absolute Gasteiger partial charge is 0.493 e. The van der Waals surface area contributed by atoms with Gasteiger partial charge < -0.3 is 4.74 Å². The van der Waals surface area contributed by atoms with E-state index >= 15 is 0 Å². The molecule has 1 aliphatic rings. The molecule has 0 saturated carbocycles. The highest BCUT2D eigenvalue weighted by atomic mass is 35.5. The third-order valence-corrected chi connectivity index (χ3v) is 9.19. The maximum Gasteiger partial charge on any atom is 0.260 e. The number of hydrogen-bond donors (Lipinski definition) is 0. The monoisotopic (exact) mass is 632 g/mol. The molecule has 222 valence electrons. The summed E-state index contributed by atoms with van der Waals surface area (Å²) in [5.74, 6) is 0.966. The van der Waals surface area contributed by atoms with E-state index in [4.69, 9.17) is 44.5 Å². The molecule has 2 atom stereocenters. The molecular formula is C36H35Cl3N2O2. The van der Waals surface area contributed by atoms with Crippen molar-refractivity contribution in [3.63, 3.8) is 0 Å². The second-order valence-corrected chi connectivity index (χ2v) is 13.4. The van der Waals surface area contributed by atoms with Crippen molar-refractivity contribution in [1.29, 1.82) is 0 Å². The van der Waals surface area contributed by atoms with Gasteiger partial charge in [0.25, 0.3) is 5.91 Å². The number of carbonyl (C=O) groups excluding carboxylic acids is 1. The molecular weight excluding hydrogens is 599 g/mol. The first-order valence-electron chi connectivity index (χ1n) is 14.3. The predicted molar refractivity (Wildman–Crippen MR) is 178 cm³/mol. The molecule has 4 aromatic rings. The Bertz CT molecular complexity index is 1680. The molecule has 7 heteroatoms. The maximum atomic E-state index is 14.8. The molecule has 0 bridgehead atoms. The maximum absolute atomic E-state index is 14.8. The molecule has 4 nitrogen and oxygen atoms in total. The molecule has 0 aromatic heterocycles. The Balaban J connectivity index is 1.85. The SMILES string of the molecule is CCOc1cc(C(C)(C)C)ccc1C1=N[C@@](C)(c2ccc(Cl)cc2)[C@@](C)(c2ccc(Cl)cc2)N1C(=O)c1ccc(Cl)cc1. The van der Waals surface area contributed by atoms with Crippen LogP contribution in [0.4, 0.5) is 0 Å². The molecule has 1 heterocycles. The van der Waals surface area contributed by atoms with Crippen molar-refractivity contribution >= 4 is 46.5 Å². The molecule has 0 unspecified atom stereocenters. The topological polar surface area (TPSA) is 41.9 Å². The lowest BCUT2D eigenvalue weighted by atomic mass is 9.70. The summed E-state index contributed by atoms with van der Waals surface area (Å²) in [6.45, 7) is 13.0. The zero-order chi connectivity index (χ0) is 31.2. The minimum Gasteiger partial charge on any atom is -0.493 e. The normalized spacial score (nSPS) is 20.2. The van der Waals surface area contributed by atoms with Crippen LogP contribution in [0.15, 0.2) is 96.0 Å². The first-order chi connectivity index (χ1) is 20.3. The van der Waals surface area contributed by atoms with Gasteiger partial charge in [-0.3, -0.25) is 14.7 Å². The highest BCUT2D eigenvalue weighted by Crippen LogP contribution is 2.54. The van der Waals surface area contributed by atoms with Gasteiger partial charge in [-0.2, -0.15) is 0 Å².